The first-order valence-corrected chi connectivity index (χ1v) is 4.63. The minimum atomic E-state index is -0.473. The highest BCUT2D eigenvalue weighted by Crippen LogP contribution is 2.09. The van der Waals surface area contributed by atoms with Gasteiger partial charge >= 0.3 is 0 Å². The van der Waals surface area contributed by atoms with E-state index < -0.39 is 6.10 Å². The first-order valence-electron chi connectivity index (χ1n) is 4.63. The summed E-state index contributed by atoms with van der Waals surface area (Å²) >= 11 is 0. The molecule has 4 heteroatoms. The van der Waals surface area contributed by atoms with Crippen LogP contribution in [-0.2, 0) is 0 Å². The predicted molar refractivity (Wildman–Crippen MR) is 55.4 cm³/mol. The molecular weight excluding hydrogens is 182 g/mol. The number of aliphatic hydroxyl groups is 1. The molecule has 0 spiro atoms. The SMILES string of the molecule is C/C=C(\CC/C=C(\C)C(C)O)[N+](=O)[O-]. The Bertz CT molecular complexity index is 254. The average Bonchev–Trinajstić information content (AvgIpc) is 2.11. The molecule has 4 nitrogen and oxygen atoms in total. The van der Waals surface area contributed by atoms with Crippen molar-refractivity contribution >= 4 is 0 Å². The predicted octanol–water partition coefficient (Wildman–Crippen LogP) is 2.27. The quantitative estimate of drug-likeness (QED) is 0.419. The zero-order chi connectivity index (χ0) is 11.1. The van der Waals surface area contributed by atoms with E-state index in [9.17, 15) is 10.1 Å². The minimum absolute atomic E-state index is 0.222. The van der Waals surface area contributed by atoms with Crippen molar-refractivity contribution < 1.29 is 10.0 Å². The summed E-state index contributed by atoms with van der Waals surface area (Å²) in [5, 5.41) is 19.5. The fraction of sp³-hybridized carbons (Fsp3) is 0.600. The molecule has 0 aromatic heterocycles. The monoisotopic (exact) mass is 199 g/mol. The molecule has 14 heavy (non-hydrogen) atoms. The van der Waals surface area contributed by atoms with E-state index >= 15 is 0 Å². The van der Waals surface area contributed by atoms with Crippen molar-refractivity contribution in [3.05, 3.63) is 33.5 Å². The standard InChI is InChI=1S/C10H17NO3/c1-4-10(11(13)14)7-5-6-8(2)9(3)12/h4,6,9,12H,5,7H2,1-3H3/b8-6+,10-4+. The Hall–Kier alpha value is -1.16. The molecule has 1 N–H and O–H groups in total. The molecule has 0 radical (unpaired) electrons. The van der Waals surface area contributed by atoms with Crippen LogP contribution in [0.25, 0.3) is 0 Å². The Balaban J connectivity index is 4.07. The number of aliphatic hydroxyl groups excluding tert-OH is 1. The van der Waals surface area contributed by atoms with Crippen LogP contribution < -0.4 is 0 Å². The highest BCUT2D eigenvalue weighted by molar-refractivity contribution is 5.04. The average molecular weight is 199 g/mol. The Morgan fingerprint density at radius 1 is 1.64 bits per heavy atom. The molecule has 0 aliphatic heterocycles. The molecule has 0 aromatic carbocycles. The van der Waals surface area contributed by atoms with Crippen LogP contribution in [0.3, 0.4) is 0 Å². The van der Waals surface area contributed by atoms with Gasteiger partial charge in [0.15, 0.2) is 0 Å². The molecule has 80 valence electrons. The minimum Gasteiger partial charge on any atom is -0.389 e. The van der Waals surface area contributed by atoms with E-state index in [2.05, 4.69) is 0 Å². The van der Waals surface area contributed by atoms with E-state index in [4.69, 9.17) is 5.11 Å². The Kier molecular flexibility index (Phi) is 5.79. The summed E-state index contributed by atoms with van der Waals surface area (Å²) in [4.78, 5) is 10.0. The fourth-order valence-corrected chi connectivity index (χ4v) is 0.959. The summed E-state index contributed by atoms with van der Waals surface area (Å²) in [7, 11) is 0. The summed E-state index contributed by atoms with van der Waals surface area (Å²) in [6, 6.07) is 0. The van der Waals surface area contributed by atoms with E-state index in [-0.39, 0.29) is 10.6 Å². The van der Waals surface area contributed by atoms with Crippen molar-refractivity contribution in [3.63, 3.8) is 0 Å². The fourth-order valence-electron chi connectivity index (χ4n) is 0.959. The topological polar surface area (TPSA) is 63.4 Å². The van der Waals surface area contributed by atoms with Crippen LogP contribution in [0, 0.1) is 10.1 Å². The number of hydrogen-bond acceptors (Lipinski definition) is 3. The van der Waals surface area contributed by atoms with Crippen LogP contribution in [0.2, 0.25) is 0 Å². The third-order valence-corrected chi connectivity index (χ3v) is 2.09. The lowest BCUT2D eigenvalue weighted by atomic mass is 10.1. The van der Waals surface area contributed by atoms with Gasteiger partial charge < -0.3 is 5.11 Å². The lowest BCUT2D eigenvalue weighted by Gasteiger charge is -2.03. The van der Waals surface area contributed by atoms with Gasteiger partial charge in [-0.1, -0.05) is 6.08 Å². The van der Waals surface area contributed by atoms with E-state index in [0.29, 0.717) is 12.8 Å². The van der Waals surface area contributed by atoms with Crippen molar-refractivity contribution in [3.8, 4) is 0 Å². The summed E-state index contributed by atoms with van der Waals surface area (Å²) in [6.45, 7) is 5.14. The first kappa shape index (κ1) is 12.8. The van der Waals surface area contributed by atoms with E-state index in [0.717, 1.165) is 5.57 Å². The van der Waals surface area contributed by atoms with Crippen molar-refractivity contribution in [1.29, 1.82) is 0 Å². The highest BCUT2D eigenvalue weighted by atomic mass is 16.6. The molecule has 0 heterocycles. The molecule has 0 aromatic rings. The zero-order valence-electron chi connectivity index (χ0n) is 8.86. The van der Waals surface area contributed by atoms with Crippen LogP contribution in [0.5, 0.6) is 0 Å². The maximum absolute atomic E-state index is 10.4. The van der Waals surface area contributed by atoms with Gasteiger partial charge in [0.25, 0.3) is 0 Å². The van der Waals surface area contributed by atoms with E-state index in [1.54, 1.807) is 13.8 Å². The number of nitro groups is 1. The maximum Gasteiger partial charge on any atom is 0.242 e. The number of hydrogen-bond donors (Lipinski definition) is 1. The Labute approximate surface area is 84.1 Å². The lowest BCUT2D eigenvalue weighted by molar-refractivity contribution is -0.428. The molecule has 0 amide bonds. The summed E-state index contributed by atoms with van der Waals surface area (Å²) < 4.78 is 0. The third kappa shape index (κ3) is 4.77. The highest BCUT2D eigenvalue weighted by Gasteiger charge is 2.07. The van der Waals surface area contributed by atoms with Gasteiger partial charge in [-0.2, -0.15) is 0 Å². The molecule has 1 unspecified atom stereocenters. The second-order valence-corrected chi connectivity index (χ2v) is 3.20. The molecule has 0 fully saturated rings. The molecular formula is C10H17NO3. The van der Waals surface area contributed by atoms with Crippen molar-refractivity contribution in [2.45, 2.75) is 39.7 Å². The van der Waals surface area contributed by atoms with E-state index in [1.165, 1.54) is 6.08 Å². The first-order chi connectivity index (χ1) is 6.49. The molecule has 0 aliphatic rings. The molecule has 0 saturated heterocycles. The van der Waals surface area contributed by atoms with Gasteiger partial charge in [0.1, 0.15) is 0 Å². The van der Waals surface area contributed by atoms with Crippen LogP contribution >= 0.6 is 0 Å². The maximum atomic E-state index is 10.4. The summed E-state index contributed by atoms with van der Waals surface area (Å²) in [6.07, 6.45) is 3.87. The zero-order valence-corrected chi connectivity index (χ0v) is 8.86. The Morgan fingerprint density at radius 2 is 2.21 bits per heavy atom. The molecule has 0 rings (SSSR count). The number of rotatable bonds is 5. The molecule has 1 atom stereocenters. The van der Waals surface area contributed by atoms with Gasteiger partial charge in [-0.05, 0) is 38.8 Å². The van der Waals surface area contributed by atoms with Crippen LogP contribution in [0.15, 0.2) is 23.4 Å². The van der Waals surface area contributed by atoms with Crippen LogP contribution in [0.1, 0.15) is 33.6 Å². The lowest BCUT2D eigenvalue weighted by Crippen LogP contribution is -2.01. The third-order valence-electron chi connectivity index (χ3n) is 2.09. The van der Waals surface area contributed by atoms with Crippen LogP contribution in [0.4, 0.5) is 0 Å². The van der Waals surface area contributed by atoms with Gasteiger partial charge in [0.05, 0.1) is 11.0 Å². The molecule has 0 saturated carbocycles. The smallest absolute Gasteiger partial charge is 0.242 e. The second kappa shape index (κ2) is 6.32. The van der Waals surface area contributed by atoms with Gasteiger partial charge in [0.2, 0.25) is 5.70 Å². The summed E-state index contributed by atoms with van der Waals surface area (Å²) in [5.74, 6) is 0. The summed E-state index contributed by atoms with van der Waals surface area (Å²) in [5.41, 5.74) is 1.07. The molecule has 0 aliphatic carbocycles. The van der Waals surface area contributed by atoms with Gasteiger partial charge in [-0.15, -0.1) is 0 Å². The van der Waals surface area contributed by atoms with Crippen molar-refractivity contribution in [2.75, 3.05) is 0 Å². The van der Waals surface area contributed by atoms with Crippen molar-refractivity contribution in [1.82, 2.24) is 0 Å². The van der Waals surface area contributed by atoms with Crippen LogP contribution in [-0.4, -0.2) is 16.1 Å². The van der Waals surface area contributed by atoms with Crippen molar-refractivity contribution in [2.24, 2.45) is 0 Å². The number of allylic oxidation sites excluding steroid dienone is 3. The normalized spacial score (nSPS) is 15.4. The van der Waals surface area contributed by atoms with E-state index in [1.807, 2.05) is 13.0 Å². The van der Waals surface area contributed by atoms with Gasteiger partial charge in [-0.3, -0.25) is 10.1 Å². The second-order valence-electron chi connectivity index (χ2n) is 3.20. The molecule has 0 bridgehead atoms. The number of nitrogens with zero attached hydrogens (tertiary/aromatic N) is 1. The Morgan fingerprint density at radius 3 is 2.57 bits per heavy atom. The van der Waals surface area contributed by atoms with Gasteiger partial charge in [-0.25, -0.2) is 0 Å². The van der Waals surface area contributed by atoms with Gasteiger partial charge in [0, 0.05) is 6.42 Å². The largest absolute Gasteiger partial charge is 0.389 e.